The summed E-state index contributed by atoms with van der Waals surface area (Å²) in [7, 11) is 10.9. The summed E-state index contributed by atoms with van der Waals surface area (Å²) in [6.07, 6.45) is 0. The fourth-order valence-corrected chi connectivity index (χ4v) is 3.22. The van der Waals surface area contributed by atoms with E-state index in [1.54, 1.807) is 4.90 Å². The van der Waals surface area contributed by atoms with Crippen LogP contribution < -0.4 is 4.90 Å². The lowest BCUT2D eigenvalue weighted by molar-refractivity contribution is -0.327. The molecule has 0 atom stereocenters. The smallest absolute Gasteiger partial charge is 0.324 e. The summed E-state index contributed by atoms with van der Waals surface area (Å²) in [5, 5.41) is 36.3. The molecule has 0 spiro atoms. The molecular weight excluding hydrogens is 426 g/mol. The summed E-state index contributed by atoms with van der Waals surface area (Å²) >= 11 is 0. The van der Waals surface area contributed by atoms with E-state index in [4.69, 9.17) is 20.4 Å². The number of fused-ring (bicyclic) bond motifs is 1. The zero-order valence-corrected chi connectivity index (χ0v) is 16.4. The van der Waals surface area contributed by atoms with E-state index in [1.165, 1.54) is 0 Å². The molecule has 0 unspecified atom stereocenters. The van der Waals surface area contributed by atoms with Gasteiger partial charge in [0.2, 0.25) is 5.95 Å². The first-order valence-corrected chi connectivity index (χ1v) is 9.31. The summed E-state index contributed by atoms with van der Waals surface area (Å²) in [6.45, 7) is 1.53. The van der Waals surface area contributed by atoms with Gasteiger partial charge in [-0.2, -0.15) is 4.98 Å². The number of hydrogen-bond donors (Lipinski definition) is 4. The first-order chi connectivity index (χ1) is 14.9. The van der Waals surface area contributed by atoms with Crippen molar-refractivity contribution in [3.63, 3.8) is 0 Å². The van der Waals surface area contributed by atoms with Gasteiger partial charge in [0.1, 0.15) is 38.5 Å². The van der Waals surface area contributed by atoms with Crippen molar-refractivity contribution in [2.24, 2.45) is 0 Å². The maximum absolute atomic E-state index is 14.6. The molecular formula is C18H15B2F2N5O5. The third kappa shape index (κ3) is 4.27. The zero-order valence-electron chi connectivity index (χ0n) is 16.4. The molecule has 10 nitrogen and oxygen atoms in total. The Balaban J connectivity index is 2.06. The summed E-state index contributed by atoms with van der Waals surface area (Å²) in [6, 6.07) is 2.77. The normalized spacial score (nSPS) is 15.4. The molecule has 0 saturated carbocycles. The van der Waals surface area contributed by atoms with E-state index >= 15 is 0 Å². The summed E-state index contributed by atoms with van der Waals surface area (Å²) < 4.78 is 33.4. The number of halogens is 2. The zero-order chi connectivity index (χ0) is 23.3. The Kier molecular flexibility index (Phi) is 5.59. The quantitative estimate of drug-likeness (QED) is 0.286. The van der Waals surface area contributed by atoms with Crippen molar-refractivity contribution in [2.45, 2.75) is 11.4 Å². The molecule has 4 radical (unpaired) electrons. The SMILES string of the molecule is [B]C([B])(O)c1nc2c(-c3ccc(F)cc3F)nc(N3CCOCC3)nc2nc1C(O)(O)O. The average Bonchev–Trinajstić information content (AvgIpc) is 2.71. The predicted octanol–water partition coefficient (Wildman–Crippen LogP) is -1.27. The molecule has 1 fully saturated rings. The van der Waals surface area contributed by atoms with Gasteiger partial charge in [0.05, 0.1) is 18.9 Å². The van der Waals surface area contributed by atoms with Crippen molar-refractivity contribution in [2.75, 3.05) is 31.2 Å². The van der Waals surface area contributed by atoms with Gasteiger partial charge in [-0.3, -0.25) is 0 Å². The van der Waals surface area contributed by atoms with E-state index in [9.17, 15) is 29.2 Å². The molecule has 1 saturated heterocycles. The number of aromatic nitrogens is 4. The maximum Gasteiger partial charge on any atom is 0.324 e. The van der Waals surface area contributed by atoms with Crippen molar-refractivity contribution in [1.82, 2.24) is 19.9 Å². The van der Waals surface area contributed by atoms with Crippen molar-refractivity contribution >= 4 is 32.8 Å². The number of anilines is 1. The second kappa shape index (κ2) is 7.98. The van der Waals surface area contributed by atoms with Crippen LogP contribution in [0.2, 0.25) is 0 Å². The number of benzene rings is 1. The van der Waals surface area contributed by atoms with E-state index < -0.39 is 34.4 Å². The van der Waals surface area contributed by atoms with Crippen LogP contribution in [-0.2, 0) is 16.1 Å². The molecule has 14 heteroatoms. The lowest BCUT2D eigenvalue weighted by Crippen LogP contribution is -2.38. The van der Waals surface area contributed by atoms with Crippen molar-refractivity contribution < 1.29 is 33.9 Å². The average molecular weight is 441 g/mol. The van der Waals surface area contributed by atoms with Crippen LogP contribution in [0.4, 0.5) is 14.7 Å². The van der Waals surface area contributed by atoms with Gasteiger partial charge in [-0.15, -0.1) is 0 Å². The Morgan fingerprint density at radius 2 is 1.62 bits per heavy atom. The van der Waals surface area contributed by atoms with E-state index in [2.05, 4.69) is 19.9 Å². The monoisotopic (exact) mass is 441 g/mol. The van der Waals surface area contributed by atoms with Gasteiger partial charge < -0.3 is 30.1 Å². The highest BCUT2D eigenvalue weighted by Gasteiger charge is 2.36. The second-order valence-electron chi connectivity index (χ2n) is 7.15. The van der Waals surface area contributed by atoms with Crippen LogP contribution in [0.1, 0.15) is 11.4 Å². The summed E-state index contributed by atoms with van der Waals surface area (Å²) in [5.41, 5.74) is -2.70. The van der Waals surface area contributed by atoms with Gasteiger partial charge >= 0.3 is 5.97 Å². The molecule has 3 heterocycles. The highest BCUT2D eigenvalue weighted by molar-refractivity contribution is 6.38. The topological polar surface area (TPSA) is 145 Å². The molecule has 4 rings (SSSR count). The number of hydrogen-bond acceptors (Lipinski definition) is 10. The van der Waals surface area contributed by atoms with Crippen molar-refractivity contribution in [3.05, 3.63) is 41.2 Å². The third-order valence-corrected chi connectivity index (χ3v) is 4.70. The number of rotatable bonds is 4. The summed E-state index contributed by atoms with van der Waals surface area (Å²) in [5.74, 6) is -5.31. The molecule has 162 valence electrons. The fraction of sp³-hybridized carbons (Fsp3) is 0.333. The molecule has 32 heavy (non-hydrogen) atoms. The number of morpholine rings is 1. The first kappa shape index (κ1) is 22.4. The molecule has 1 aromatic carbocycles. The van der Waals surface area contributed by atoms with Crippen LogP contribution in [-0.4, -0.2) is 82.4 Å². The number of aliphatic hydroxyl groups is 4. The highest BCUT2D eigenvalue weighted by Crippen LogP contribution is 2.32. The first-order valence-electron chi connectivity index (χ1n) is 9.31. The molecule has 2 aromatic heterocycles. The minimum absolute atomic E-state index is 0.0719. The van der Waals surface area contributed by atoms with Gasteiger partial charge in [-0.1, -0.05) is 0 Å². The Hall–Kier alpha value is -2.77. The van der Waals surface area contributed by atoms with Gasteiger partial charge in [0.25, 0.3) is 0 Å². The Bertz CT molecular complexity index is 1180. The second-order valence-corrected chi connectivity index (χ2v) is 7.15. The largest absolute Gasteiger partial charge is 0.403 e. The van der Waals surface area contributed by atoms with E-state index in [0.29, 0.717) is 32.4 Å². The molecule has 1 aliphatic rings. The number of nitrogens with zero attached hydrogens (tertiary/aromatic N) is 5. The Morgan fingerprint density at radius 1 is 0.938 bits per heavy atom. The molecule has 0 bridgehead atoms. The van der Waals surface area contributed by atoms with Gasteiger partial charge in [0.15, 0.2) is 11.3 Å². The van der Waals surface area contributed by atoms with E-state index in [-0.39, 0.29) is 28.4 Å². The van der Waals surface area contributed by atoms with Crippen LogP contribution in [0.15, 0.2) is 18.2 Å². The van der Waals surface area contributed by atoms with Crippen LogP contribution in [0, 0.1) is 11.6 Å². The van der Waals surface area contributed by atoms with E-state index in [0.717, 1.165) is 12.1 Å². The van der Waals surface area contributed by atoms with E-state index in [1.807, 2.05) is 0 Å². The molecule has 0 aliphatic carbocycles. The van der Waals surface area contributed by atoms with Crippen LogP contribution in [0.5, 0.6) is 0 Å². The Morgan fingerprint density at radius 3 is 2.22 bits per heavy atom. The third-order valence-electron chi connectivity index (χ3n) is 4.70. The Labute approximate surface area is 182 Å². The van der Waals surface area contributed by atoms with Crippen LogP contribution >= 0.6 is 0 Å². The van der Waals surface area contributed by atoms with Gasteiger partial charge in [-0.05, 0) is 12.1 Å². The molecule has 1 aliphatic heterocycles. The van der Waals surface area contributed by atoms with Crippen LogP contribution in [0.25, 0.3) is 22.4 Å². The fourth-order valence-electron chi connectivity index (χ4n) is 3.22. The minimum Gasteiger partial charge on any atom is -0.403 e. The van der Waals surface area contributed by atoms with Gasteiger partial charge in [0, 0.05) is 30.1 Å². The lowest BCUT2D eigenvalue weighted by atomic mass is 9.62. The lowest BCUT2D eigenvalue weighted by Gasteiger charge is -2.28. The highest BCUT2D eigenvalue weighted by atomic mass is 19.1. The molecule has 0 amide bonds. The van der Waals surface area contributed by atoms with Crippen molar-refractivity contribution in [1.29, 1.82) is 0 Å². The minimum atomic E-state index is -3.59. The number of ether oxygens (including phenoxy) is 1. The standard InChI is InChI=1S/C18H15B2F2N5O5/c19-17(20,28)13-14(18(29,30)31)25-15-12(23-13)11(9-2-1-8(21)7-10(9)22)24-16(26-15)27-3-5-32-6-4-27/h1-2,7,28-31H,3-6H2. The van der Waals surface area contributed by atoms with Gasteiger partial charge in [-0.25, -0.2) is 23.7 Å². The van der Waals surface area contributed by atoms with Crippen molar-refractivity contribution in [3.8, 4) is 11.3 Å². The molecule has 4 N–H and O–H groups in total. The summed E-state index contributed by atoms with van der Waals surface area (Å²) in [4.78, 5) is 18.1. The predicted molar refractivity (Wildman–Crippen MR) is 107 cm³/mol. The molecule has 3 aromatic rings. The maximum atomic E-state index is 14.6. The van der Waals surface area contributed by atoms with Crippen LogP contribution in [0.3, 0.4) is 0 Å².